The fraction of sp³-hybridized carbons (Fsp3) is 0.333. The van der Waals surface area contributed by atoms with Crippen molar-refractivity contribution in [1.82, 2.24) is 10.3 Å². The largest absolute Gasteiger partial charge is 0.495 e. The monoisotopic (exact) mass is 363 g/mol. The predicted molar refractivity (Wildman–Crippen MR) is 99.1 cm³/mol. The van der Waals surface area contributed by atoms with Gasteiger partial charge in [-0.2, -0.15) is 0 Å². The van der Waals surface area contributed by atoms with Crippen LogP contribution >= 0.6 is 11.6 Å². The molecule has 0 atom stereocenters. The van der Waals surface area contributed by atoms with Gasteiger partial charge in [0, 0.05) is 43.2 Å². The number of benzene rings is 1. The van der Waals surface area contributed by atoms with Crippen LogP contribution in [0, 0.1) is 6.92 Å². The van der Waals surface area contributed by atoms with Crippen molar-refractivity contribution in [2.75, 3.05) is 32.7 Å². The van der Waals surface area contributed by atoms with Crippen LogP contribution < -0.4 is 15.4 Å². The van der Waals surface area contributed by atoms with E-state index in [2.05, 4.69) is 15.6 Å². The summed E-state index contributed by atoms with van der Waals surface area (Å²) in [6.07, 6.45) is 2.34. The molecule has 2 rings (SSSR count). The minimum absolute atomic E-state index is 0.223. The van der Waals surface area contributed by atoms with E-state index in [-0.39, 0.29) is 5.91 Å². The van der Waals surface area contributed by atoms with Crippen molar-refractivity contribution in [2.24, 2.45) is 0 Å². The number of amides is 1. The highest BCUT2D eigenvalue weighted by Crippen LogP contribution is 2.33. The number of halogens is 1. The molecule has 6 nitrogen and oxygen atoms in total. The lowest BCUT2D eigenvalue weighted by Gasteiger charge is -2.13. The van der Waals surface area contributed by atoms with Crippen LogP contribution in [0.4, 0.5) is 11.4 Å². The van der Waals surface area contributed by atoms with E-state index in [9.17, 15) is 4.79 Å². The van der Waals surface area contributed by atoms with Crippen LogP contribution in [0.15, 0.2) is 30.5 Å². The molecule has 0 spiro atoms. The summed E-state index contributed by atoms with van der Waals surface area (Å²) in [5.41, 5.74) is 2.77. The lowest BCUT2D eigenvalue weighted by Crippen LogP contribution is -2.26. The van der Waals surface area contributed by atoms with Gasteiger partial charge in [-0.1, -0.05) is 11.6 Å². The first-order chi connectivity index (χ1) is 12.0. The average molecular weight is 364 g/mol. The van der Waals surface area contributed by atoms with Gasteiger partial charge in [0.25, 0.3) is 5.91 Å². The van der Waals surface area contributed by atoms with Gasteiger partial charge in [0.1, 0.15) is 11.4 Å². The second-order valence-corrected chi connectivity index (χ2v) is 5.87. The molecule has 0 aliphatic heterocycles. The molecule has 7 heteroatoms. The predicted octanol–water partition coefficient (Wildman–Crippen LogP) is 3.56. The Morgan fingerprint density at radius 2 is 2.08 bits per heavy atom. The molecule has 2 aromatic rings. The number of carbonyl (C=O) groups excluding carboxylic acids is 1. The number of pyridine rings is 1. The molecule has 0 bridgehead atoms. The molecule has 0 aliphatic rings. The Morgan fingerprint density at radius 3 is 2.80 bits per heavy atom. The zero-order chi connectivity index (χ0) is 18.2. The van der Waals surface area contributed by atoms with Crippen molar-refractivity contribution in [1.29, 1.82) is 0 Å². The third-order valence-electron chi connectivity index (χ3n) is 3.56. The first kappa shape index (κ1) is 19.0. The van der Waals surface area contributed by atoms with Gasteiger partial charge in [-0.15, -0.1) is 0 Å². The Balaban J connectivity index is 2.11. The molecule has 1 amide bonds. The van der Waals surface area contributed by atoms with Gasteiger partial charge in [-0.25, -0.2) is 0 Å². The number of nitrogens with zero attached hydrogens (tertiary/aromatic N) is 1. The zero-order valence-electron chi connectivity index (χ0n) is 14.6. The molecule has 0 unspecified atom stereocenters. The maximum Gasteiger partial charge on any atom is 0.269 e. The Bertz CT molecular complexity index is 738. The van der Waals surface area contributed by atoms with E-state index < -0.39 is 0 Å². The maximum absolute atomic E-state index is 12.2. The maximum atomic E-state index is 12.2. The summed E-state index contributed by atoms with van der Waals surface area (Å²) >= 11 is 6.13. The Labute approximate surface area is 152 Å². The molecular formula is C18H22ClN3O3. The normalized spacial score (nSPS) is 10.4. The summed E-state index contributed by atoms with van der Waals surface area (Å²) < 4.78 is 10.3. The summed E-state index contributed by atoms with van der Waals surface area (Å²) in [7, 11) is 3.21. The van der Waals surface area contributed by atoms with Crippen molar-refractivity contribution < 1.29 is 14.3 Å². The molecular weight excluding hydrogens is 342 g/mol. The summed E-state index contributed by atoms with van der Waals surface area (Å²) in [4.78, 5) is 16.3. The van der Waals surface area contributed by atoms with Crippen LogP contribution in [0.2, 0.25) is 5.02 Å². The van der Waals surface area contributed by atoms with Crippen LogP contribution in [0.5, 0.6) is 5.75 Å². The van der Waals surface area contributed by atoms with E-state index in [1.807, 2.05) is 13.0 Å². The summed E-state index contributed by atoms with van der Waals surface area (Å²) in [5, 5.41) is 6.68. The summed E-state index contributed by atoms with van der Waals surface area (Å²) in [6, 6.07) is 7.12. The van der Waals surface area contributed by atoms with Gasteiger partial charge in [0.15, 0.2) is 0 Å². The van der Waals surface area contributed by atoms with E-state index in [4.69, 9.17) is 21.1 Å². The van der Waals surface area contributed by atoms with Crippen molar-refractivity contribution in [3.63, 3.8) is 0 Å². The average Bonchev–Trinajstić information content (AvgIpc) is 2.61. The number of carbonyl (C=O) groups is 1. The molecule has 0 aliphatic carbocycles. The summed E-state index contributed by atoms with van der Waals surface area (Å²) in [6.45, 7) is 3.06. The quantitative estimate of drug-likeness (QED) is 0.701. The molecule has 2 N–H and O–H groups in total. The van der Waals surface area contributed by atoms with Gasteiger partial charge < -0.3 is 20.1 Å². The standard InChI is InChI=1S/C18H22ClN3O3/c1-12-9-15(17(25-3)11-14(12)19)22-13-5-7-20-16(10-13)18(23)21-6-4-8-24-2/h5,7,9-11H,4,6,8H2,1-3H3,(H,20,22)(H,21,23). The molecule has 25 heavy (non-hydrogen) atoms. The second-order valence-electron chi connectivity index (χ2n) is 5.46. The molecule has 134 valence electrons. The van der Waals surface area contributed by atoms with E-state index in [1.165, 1.54) is 0 Å². The second kappa shape index (κ2) is 9.25. The van der Waals surface area contributed by atoms with E-state index in [1.54, 1.807) is 38.6 Å². The minimum atomic E-state index is -0.223. The first-order valence-corrected chi connectivity index (χ1v) is 8.27. The Morgan fingerprint density at radius 1 is 1.28 bits per heavy atom. The van der Waals surface area contributed by atoms with E-state index >= 15 is 0 Å². The van der Waals surface area contributed by atoms with Crippen LogP contribution in [0.1, 0.15) is 22.5 Å². The molecule has 0 fully saturated rings. The third-order valence-corrected chi connectivity index (χ3v) is 3.97. The number of nitrogens with one attached hydrogen (secondary N) is 2. The number of rotatable bonds is 8. The number of aryl methyl sites for hydroxylation is 1. The van der Waals surface area contributed by atoms with Gasteiger partial charge in [-0.05, 0) is 37.1 Å². The highest BCUT2D eigenvalue weighted by molar-refractivity contribution is 6.31. The van der Waals surface area contributed by atoms with E-state index in [0.717, 1.165) is 23.4 Å². The molecule has 1 heterocycles. The molecule has 0 saturated carbocycles. The smallest absolute Gasteiger partial charge is 0.269 e. The van der Waals surface area contributed by atoms with Crippen molar-refractivity contribution in [3.8, 4) is 5.75 Å². The van der Waals surface area contributed by atoms with Crippen LogP contribution in [0.3, 0.4) is 0 Å². The van der Waals surface area contributed by atoms with Gasteiger partial charge >= 0.3 is 0 Å². The van der Waals surface area contributed by atoms with Gasteiger partial charge in [0.05, 0.1) is 12.8 Å². The topological polar surface area (TPSA) is 72.5 Å². The Kier molecular flexibility index (Phi) is 7.03. The molecule has 0 radical (unpaired) electrons. The highest BCUT2D eigenvalue weighted by atomic mass is 35.5. The molecule has 1 aromatic heterocycles. The van der Waals surface area contributed by atoms with E-state index in [0.29, 0.717) is 29.6 Å². The van der Waals surface area contributed by atoms with Gasteiger partial charge in [-0.3, -0.25) is 9.78 Å². The first-order valence-electron chi connectivity index (χ1n) is 7.89. The highest BCUT2D eigenvalue weighted by Gasteiger charge is 2.10. The third kappa shape index (κ3) is 5.34. The van der Waals surface area contributed by atoms with Crippen LogP contribution in [0.25, 0.3) is 0 Å². The number of aromatic nitrogens is 1. The van der Waals surface area contributed by atoms with Crippen LogP contribution in [-0.4, -0.2) is 38.3 Å². The fourth-order valence-corrected chi connectivity index (χ4v) is 2.38. The van der Waals surface area contributed by atoms with Crippen LogP contribution in [-0.2, 0) is 4.74 Å². The number of methoxy groups -OCH3 is 2. The molecule has 0 saturated heterocycles. The number of anilines is 2. The lowest BCUT2D eigenvalue weighted by atomic mass is 10.2. The van der Waals surface area contributed by atoms with Gasteiger partial charge in [0.2, 0.25) is 0 Å². The number of ether oxygens (including phenoxy) is 2. The van der Waals surface area contributed by atoms with Crippen molar-refractivity contribution in [2.45, 2.75) is 13.3 Å². The minimum Gasteiger partial charge on any atom is -0.495 e. The lowest BCUT2D eigenvalue weighted by molar-refractivity contribution is 0.0943. The van der Waals surface area contributed by atoms with Crippen molar-refractivity contribution in [3.05, 3.63) is 46.7 Å². The zero-order valence-corrected chi connectivity index (χ0v) is 15.3. The summed E-state index contributed by atoms with van der Waals surface area (Å²) in [5.74, 6) is 0.400. The number of hydrogen-bond acceptors (Lipinski definition) is 5. The van der Waals surface area contributed by atoms with Crippen molar-refractivity contribution >= 4 is 28.9 Å². The Hall–Kier alpha value is -2.31. The molecule has 1 aromatic carbocycles. The number of hydrogen-bond donors (Lipinski definition) is 2. The SMILES string of the molecule is COCCCNC(=O)c1cc(Nc2cc(C)c(Cl)cc2OC)ccn1. The fourth-order valence-electron chi connectivity index (χ4n) is 2.23.